The van der Waals surface area contributed by atoms with Crippen molar-refractivity contribution in [1.29, 1.82) is 0 Å². The van der Waals surface area contributed by atoms with Crippen LogP contribution < -0.4 is 0 Å². The molecule has 2 heteroatoms. The van der Waals surface area contributed by atoms with Gasteiger partial charge in [0, 0.05) is 44.7 Å². The monoisotopic (exact) mass is 392 g/mol. The molecule has 30 heavy (non-hydrogen) atoms. The van der Waals surface area contributed by atoms with Gasteiger partial charge in [-0.1, -0.05) is 68.8 Å². The Morgan fingerprint density at radius 2 is 1.50 bits per heavy atom. The molecule has 0 spiro atoms. The first-order valence-corrected chi connectivity index (χ1v) is 9.97. The summed E-state index contributed by atoms with van der Waals surface area (Å²) in [5, 5.41) is 1.17. The highest BCUT2D eigenvalue weighted by atomic mass is 14.7. The lowest BCUT2D eigenvalue weighted by atomic mass is 10.00. The summed E-state index contributed by atoms with van der Waals surface area (Å²) in [6, 6.07) is 8.28. The van der Waals surface area contributed by atoms with Gasteiger partial charge in [0.25, 0.3) is 0 Å². The maximum atomic E-state index is 4.04. The van der Waals surface area contributed by atoms with Gasteiger partial charge in [-0.3, -0.25) is 0 Å². The first kappa shape index (κ1) is 20.9. The molecule has 0 radical (unpaired) electrons. The van der Waals surface area contributed by atoms with Crippen molar-refractivity contribution >= 4 is 47.4 Å². The third-order valence-electron chi connectivity index (χ3n) is 5.20. The minimum absolute atomic E-state index is 0.985. The summed E-state index contributed by atoms with van der Waals surface area (Å²) in [6.07, 6.45) is 15.8. The Hall–Kier alpha value is -3.78. The van der Waals surface area contributed by atoms with Crippen LogP contribution in [0, 0.1) is 0 Å². The molecule has 0 aliphatic heterocycles. The number of fused-ring (bicyclic) bond motifs is 1. The number of H-pyrrole nitrogens is 2. The van der Waals surface area contributed by atoms with Crippen LogP contribution in [0.4, 0.5) is 0 Å². The molecule has 1 aromatic carbocycles. The second-order valence-corrected chi connectivity index (χ2v) is 7.02. The molecule has 0 unspecified atom stereocenters. The molecule has 0 amide bonds. The summed E-state index contributed by atoms with van der Waals surface area (Å²) in [6.45, 7) is 20.1. The van der Waals surface area contributed by atoms with Crippen molar-refractivity contribution in [3.8, 4) is 0 Å². The van der Waals surface area contributed by atoms with E-state index in [4.69, 9.17) is 0 Å². The average Bonchev–Trinajstić information content (AvgIpc) is 3.29. The van der Waals surface area contributed by atoms with Crippen LogP contribution in [0.15, 0.2) is 73.9 Å². The maximum Gasteiger partial charge on any atom is 0.0470 e. The van der Waals surface area contributed by atoms with E-state index < -0.39 is 0 Å². The molecule has 0 saturated carbocycles. The Kier molecular flexibility index (Phi) is 6.38. The van der Waals surface area contributed by atoms with E-state index in [2.05, 4.69) is 73.6 Å². The lowest BCUT2D eigenvalue weighted by molar-refractivity contribution is 1.33. The number of para-hydroxylation sites is 1. The van der Waals surface area contributed by atoms with Crippen molar-refractivity contribution in [3.05, 3.63) is 108 Å². The average molecular weight is 393 g/mol. The zero-order valence-corrected chi connectivity index (χ0v) is 17.8. The standard InChI is InChI=1S/C28H28N2/c1-7-14-26-21(9-3)22(10-4)28(30-26)18-20(8-2)19(6)17-24-23-15-12-13-16-27(23)29-25(24)11-5/h7-18,29-30H,2-5H2,1,6H3/b14-7-,19-17+,20-18+. The van der Waals surface area contributed by atoms with E-state index in [1.54, 1.807) is 0 Å². The number of hydrogen-bond donors (Lipinski definition) is 2. The molecule has 2 N–H and O–H groups in total. The van der Waals surface area contributed by atoms with Crippen LogP contribution in [0.2, 0.25) is 0 Å². The van der Waals surface area contributed by atoms with Crippen LogP contribution in [-0.4, -0.2) is 9.97 Å². The molecule has 2 aromatic heterocycles. The van der Waals surface area contributed by atoms with Crippen molar-refractivity contribution in [3.63, 3.8) is 0 Å². The Bertz CT molecular complexity index is 1220. The number of hydrogen-bond acceptors (Lipinski definition) is 0. The van der Waals surface area contributed by atoms with E-state index in [1.165, 1.54) is 5.39 Å². The zero-order chi connectivity index (χ0) is 21.7. The third kappa shape index (κ3) is 3.85. The minimum Gasteiger partial charge on any atom is -0.355 e. The molecule has 0 bridgehead atoms. The molecular weight excluding hydrogens is 364 g/mol. The largest absolute Gasteiger partial charge is 0.355 e. The van der Waals surface area contributed by atoms with E-state index in [0.717, 1.165) is 50.4 Å². The number of allylic oxidation sites excluding steroid dienone is 4. The minimum atomic E-state index is 0.985. The van der Waals surface area contributed by atoms with Crippen molar-refractivity contribution in [2.75, 3.05) is 0 Å². The van der Waals surface area contributed by atoms with Gasteiger partial charge < -0.3 is 9.97 Å². The number of benzene rings is 1. The lowest BCUT2D eigenvalue weighted by Gasteiger charge is -2.05. The maximum absolute atomic E-state index is 4.04. The summed E-state index contributed by atoms with van der Waals surface area (Å²) in [5.74, 6) is 0. The highest BCUT2D eigenvalue weighted by Crippen LogP contribution is 2.30. The highest BCUT2D eigenvalue weighted by Gasteiger charge is 2.12. The van der Waals surface area contributed by atoms with E-state index in [-0.39, 0.29) is 0 Å². The van der Waals surface area contributed by atoms with E-state index in [0.29, 0.717) is 0 Å². The molecule has 150 valence electrons. The topological polar surface area (TPSA) is 31.6 Å². The predicted octanol–water partition coefficient (Wildman–Crippen LogP) is 8.13. The fraction of sp³-hybridized carbons (Fsp3) is 0.0714. The summed E-state index contributed by atoms with van der Waals surface area (Å²) in [5.41, 5.74) is 9.45. The van der Waals surface area contributed by atoms with Gasteiger partial charge in [0.05, 0.1) is 0 Å². The van der Waals surface area contributed by atoms with Gasteiger partial charge >= 0.3 is 0 Å². The van der Waals surface area contributed by atoms with Gasteiger partial charge in [-0.2, -0.15) is 0 Å². The van der Waals surface area contributed by atoms with Crippen molar-refractivity contribution in [2.24, 2.45) is 0 Å². The van der Waals surface area contributed by atoms with Crippen molar-refractivity contribution in [1.82, 2.24) is 9.97 Å². The van der Waals surface area contributed by atoms with Crippen molar-refractivity contribution in [2.45, 2.75) is 13.8 Å². The first-order chi connectivity index (χ1) is 14.6. The second-order valence-electron chi connectivity index (χ2n) is 7.02. The second kappa shape index (κ2) is 9.15. The molecule has 0 saturated heterocycles. The number of rotatable bonds is 8. The Morgan fingerprint density at radius 3 is 2.13 bits per heavy atom. The fourth-order valence-corrected chi connectivity index (χ4v) is 3.71. The van der Waals surface area contributed by atoms with E-state index in [9.17, 15) is 0 Å². The lowest BCUT2D eigenvalue weighted by Crippen LogP contribution is -1.86. The van der Waals surface area contributed by atoms with Crippen LogP contribution >= 0.6 is 0 Å². The van der Waals surface area contributed by atoms with Crippen LogP contribution in [0.25, 0.3) is 47.4 Å². The molecule has 3 aromatic rings. The molecule has 0 aliphatic carbocycles. The molecule has 3 rings (SSSR count). The Labute approximate surface area is 179 Å². The molecular formula is C28H28N2. The molecule has 0 fully saturated rings. The van der Waals surface area contributed by atoms with Gasteiger partial charge in [0.15, 0.2) is 0 Å². The third-order valence-corrected chi connectivity index (χ3v) is 5.20. The fourth-order valence-electron chi connectivity index (χ4n) is 3.71. The van der Waals surface area contributed by atoms with Crippen LogP contribution in [0.1, 0.15) is 47.6 Å². The summed E-state index contributed by atoms with van der Waals surface area (Å²) >= 11 is 0. The molecule has 0 aliphatic rings. The van der Waals surface area contributed by atoms with Crippen molar-refractivity contribution < 1.29 is 0 Å². The Morgan fingerprint density at radius 1 is 0.800 bits per heavy atom. The number of aromatic nitrogens is 2. The summed E-state index contributed by atoms with van der Waals surface area (Å²) < 4.78 is 0. The SMILES string of the molecule is C=CC(=C\c1[nH]c(/C=C\C)c(C=C)c1C=C)/C(C)=C/c1c(C=C)[nH]c2ccccc12. The van der Waals surface area contributed by atoms with Gasteiger partial charge in [-0.25, -0.2) is 0 Å². The Balaban J connectivity index is 2.14. The van der Waals surface area contributed by atoms with Crippen LogP contribution in [0.3, 0.4) is 0 Å². The summed E-state index contributed by atoms with van der Waals surface area (Å²) in [4.78, 5) is 6.91. The number of nitrogens with one attached hydrogen (secondary N) is 2. The van der Waals surface area contributed by atoms with Gasteiger partial charge in [-0.15, -0.1) is 0 Å². The zero-order valence-electron chi connectivity index (χ0n) is 17.8. The van der Waals surface area contributed by atoms with Gasteiger partial charge in [-0.05, 0) is 55.4 Å². The van der Waals surface area contributed by atoms with Crippen LogP contribution in [-0.2, 0) is 0 Å². The highest BCUT2D eigenvalue weighted by molar-refractivity contribution is 5.94. The van der Waals surface area contributed by atoms with Crippen LogP contribution in [0.5, 0.6) is 0 Å². The normalized spacial score (nSPS) is 12.5. The molecule has 2 nitrogen and oxygen atoms in total. The first-order valence-electron chi connectivity index (χ1n) is 9.97. The molecule has 0 atom stereocenters. The van der Waals surface area contributed by atoms with E-state index >= 15 is 0 Å². The molecule has 2 heterocycles. The quantitative estimate of drug-likeness (QED) is 0.363. The van der Waals surface area contributed by atoms with Gasteiger partial charge in [0.2, 0.25) is 0 Å². The summed E-state index contributed by atoms with van der Waals surface area (Å²) in [7, 11) is 0. The predicted molar refractivity (Wildman–Crippen MR) is 136 cm³/mol. The van der Waals surface area contributed by atoms with Gasteiger partial charge in [0.1, 0.15) is 0 Å². The van der Waals surface area contributed by atoms with E-state index in [1.807, 2.05) is 49.4 Å². The smallest absolute Gasteiger partial charge is 0.0470 e. The number of aromatic amines is 2.